The van der Waals surface area contributed by atoms with Crippen LogP contribution in [0.5, 0.6) is 0 Å². The molecule has 156 valence electrons. The maximum absolute atomic E-state index is 13.2. The molecular weight excluding hydrogens is 394 g/mol. The number of nitrogens with zero attached hydrogens (tertiary/aromatic N) is 2. The summed E-state index contributed by atoms with van der Waals surface area (Å²) in [5.41, 5.74) is 2.79. The fourth-order valence-corrected chi connectivity index (χ4v) is 5.41. The van der Waals surface area contributed by atoms with Crippen LogP contribution in [0.2, 0.25) is 0 Å². The van der Waals surface area contributed by atoms with Crippen molar-refractivity contribution < 1.29 is 22.7 Å². The van der Waals surface area contributed by atoms with Crippen LogP contribution in [-0.2, 0) is 26.6 Å². The van der Waals surface area contributed by atoms with Crippen LogP contribution in [-0.4, -0.2) is 48.9 Å². The Labute approximate surface area is 170 Å². The van der Waals surface area contributed by atoms with E-state index in [1.807, 2.05) is 32.0 Å². The van der Waals surface area contributed by atoms with E-state index in [2.05, 4.69) is 10.1 Å². The van der Waals surface area contributed by atoms with E-state index in [-0.39, 0.29) is 23.0 Å². The zero-order valence-corrected chi connectivity index (χ0v) is 17.7. The number of carbonyl (C=O) groups excluding carboxylic acids is 2. The Bertz CT molecular complexity index is 1040. The van der Waals surface area contributed by atoms with Gasteiger partial charge in [-0.3, -0.25) is 4.79 Å². The minimum absolute atomic E-state index is 0.0356. The van der Waals surface area contributed by atoms with Gasteiger partial charge in [0.1, 0.15) is 16.6 Å². The summed E-state index contributed by atoms with van der Waals surface area (Å²) in [7, 11) is -1.14. The van der Waals surface area contributed by atoms with Crippen LogP contribution < -0.4 is 5.32 Å². The summed E-state index contributed by atoms with van der Waals surface area (Å²) in [6, 6.07) is 6.16. The highest BCUT2D eigenvalue weighted by atomic mass is 32.2. The zero-order chi connectivity index (χ0) is 21.3. The first kappa shape index (κ1) is 21.1. The second kappa shape index (κ2) is 8.00. The van der Waals surface area contributed by atoms with Gasteiger partial charge in [0, 0.05) is 25.5 Å². The van der Waals surface area contributed by atoms with Crippen molar-refractivity contribution in [1.82, 2.24) is 8.87 Å². The fraction of sp³-hybridized carbons (Fsp3) is 0.400. The minimum atomic E-state index is -3.94. The molecule has 1 fully saturated rings. The van der Waals surface area contributed by atoms with E-state index in [0.29, 0.717) is 18.5 Å². The number of esters is 1. The number of aryl methyl sites for hydroxylation is 3. The molecule has 2 heterocycles. The van der Waals surface area contributed by atoms with E-state index in [9.17, 15) is 18.0 Å². The molecule has 1 atom stereocenters. The summed E-state index contributed by atoms with van der Waals surface area (Å²) in [5, 5.41) is 2.84. The van der Waals surface area contributed by atoms with E-state index < -0.39 is 22.0 Å². The molecule has 0 saturated carbocycles. The Morgan fingerprint density at radius 2 is 1.79 bits per heavy atom. The molecule has 1 amide bonds. The van der Waals surface area contributed by atoms with Gasteiger partial charge in [0.2, 0.25) is 15.9 Å². The zero-order valence-electron chi connectivity index (χ0n) is 16.9. The predicted molar refractivity (Wildman–Crippen MR) is 108 cm³/mol. The molecule has 8 nitrogen and oxygen atoms in total. The van der Waals surface area contributed by atoms with Crippen LogP contribution in [0.4, 0.5) is 5.69 Å². The molecule has 1 aliphatic rings. The molecule has 1 aromatic carbocycles. The molecule has 1 aromatic heterocycles. The molecule has 2 aromatic rings. The Morgan fingerprint density at radius 1 is 1.14 bits per heavy atom. The lowest BCUT2D eigenvalue weighted by molar-refractivity contribution is -0.119. The van der Waals surface area contributed by atoms with E-state index in [0.717, 1.165) is 11.1 Å². The number of methoxy groups -OCH3 is 1. The van der Waals surface area contributed by atoms with Crippen LogP contribution in [0.3, 0.4) is 0 Å². The number of carbonyl (C=O) groups is 2. The minimum Gasteiger partial charge on any atom is -0.464 e. The molecule has 0 bridgehead atoms. The second-order valence-electron chi connectivity index (χ2n) is 7.30. The number of benzene rings is 1. The van der Waals surface area contributed by atoms with Crippen LogP contribution >= 0.6 is 0 Å². The smallest absolute Gasteiger partial charge is 0.354 e. The van der Waals surface area contributed by atoms with Crippen molar-refractivity contribution in [2.45, 2.75) is 37.6 Å². The molecule has 3 rings (SSSR count). The number of sulfonamides is 1. The fourth-order valence-electron chi connectivity index (χ4n) is 3.68. The van der Waals surface area contributed by atoms with Crippen molar-refractivity contribution in [2.24, 2.45) is 7.05 Å². The summed E-state index contributed by atoms with van der Waals surface area (Å²) >= 11 is 0. The maximum atomic E-state index is 13.2. The molecule has 29 heavy (non-hydrogen) atoms. The molecule has 0 spiro atoms. The van der Waals surface area contributed by atoms with Gasteiger partial charge in [0.25, 0.3) is 0 Å². The van der Waals surface area contributed by atoms with Gasteiger partial charge in [-0.2, -0.15) is 4.31 Å². The maximum Gasteiger partial charge on any atom is 0.354 e. The summed E-state index contributed by atoms with van der Waals surface area (Å²) in [5.74, 6) is -0.986. The molecule has 0 radical (unpaired) electrons. The largest absolute Gasteiger partial charge is 0.464 e. The number of aromatic nitrogens is 1. The summed E-state index contributed by atoms with van der Waals surface area (Å²) in [6.07, 6.45) is 2.38. The Morgan fingerprint density at radius 3 is 2.41 bits per heavy atom. The number of hydrogen-bond donors (Lipinski definition) is 1. The highest BCUT2D eigenvalue weighted by Crippen LogP contribution is 2.28. The Balaban J connectivity index is 1.85. The van der Waals surface area contributed by atoms with Gasteiger partial charge in [0.15, 0.2) is 0 Å². The van der Waals surface area contributed by atoms with Gasteiger partial charge < -0.3 is 14.6 Å². The van der Waals surface area contributed by atoms with Crippen molar-refractivity contribution in [2.75, 3.05) is 19.0 Å². The van der Waals surface area contributed by atoms with E-state index in [1.165, 1.54) is 28.2 Å². The van der Waals surface area contributed by atoms with Crippen LogP contribution in [0.25, 0.3) is 0 Å². The average Bonchev–Trinajstić information content (AvgIpc) is 3.27. The lowest BCUT2D eigenvalue weighted by Crippen LogP contribution is -2.43. The van der Waals surface area contributed by atoms with E-state index in [1.54, 1.807) is 7.05 Å². The van der Waals surface area contributed by atoms with Crippen LogP contribution in [0, 0.1) is 13.8 Å². The first-order valence-corrected chi connectivity index (χ1v) is 10.7. The summed E-state index contributed by atoms with van der Waals surface area (Å²) < 4.78 is 33.6. The number of hydrogen-bond acceptors (Lipinski definition) is 5. The first-order valence-electron chi connectivity index (χ1n) is 9.29. The highest BCUT2D eigenvalue weighted by molar-refractivity contribution is 7.89. The van der Waals surface area contributed by atoms with Crippen molar-refractivity contribution in [3.63, 3.8) is 0 Å². The number of anilines is 1. The normalized spacial score (nSPS) is 17.3. The molecular formula is C20H25N3O5S. The van der Waals surface area contributed by atoms with Gasteiger partial charge in [-0.1, -0.05) is 6.07 Å². The van der Waals surface area contributed by atoms with Gasteiger partial charge in [-0.15, -0.1) is 0 Å². The SMILES string of the molecule is COC(=O)c1cc(S(=O)(=O)N2CCC[C@H]2C(=O)Nc2cc(C)cc(C)c2)cn1C. The standard InChI is InChI=1S/C20H25N3O5S/c1-13-8-14(2)10-15(9-13)21-19(24)17-6-5-7-23(17)29(26,27)16-11-18(20(25)28-4)22(3)12-16/h8-12,17H,5-7H2,1-4H3,(H,21,24)/t17-/m0/s1. The van der Waals surface area contributed by atoms with Gasteiger partial charge in [-0.05, 0) is 56.0 Å². The third-order valence-electron chi connectivity index (χ3n) is 4.98. The van der Waals surface area contributed by atoms with E-state index in [4.69, 9.17) is 0 Å². The summed E-state index contributed by atoms with van der Waals surface area (Å²) in [4.78, 5) is 24.6. The lowest BCUT2D eigenvalue weighted by atomic mass is 10.1. The Kier molecular flexibility index (Phi) is 5.81. The molecule has 1 aliphatic heterocycles. The molecule has 1 saturated heterocycles. The lowest BCUT2D eigenvalue weighted by Gasteiger charge is -2.23. The van der Waals surface area contributed by atoms with Crippen LogP contribution in [0.15, 0.2) is 35.4 Å². The molecule has 1 N–H and O–H groups in total. The topological polar surface area (TPSA) is 97.7 Å². The predicted octanol–water partition coefficient (Wildman–Crippen LogP) is 2.22. The number of rotatable bonds is 5. The molecule has 0 unspecified atom stereocenters. The van der Waals surface area contributed by atoms with Gasteiger partial charge >= 0.3 is 5.97 Å². The van der Waals surface area contributed by atoms with Crippen molar-refractivity contribution in [1.29, 1.82) is 0 Å². The quantitative estimate of drug-likeness (QED) is 0.750. The third-order valence-corrected chi connectivity index (χ3v) is 6.85. The van der Waals surface area contributed by atoms with Crippen molar-refractivity contribution >= 4 is 27.6 Å². The Hall–Kier alpha value is -2.65. The highest BCUT2D eigenvalue weighted by Gasteiger charge is 2.40. The average molecular weight is 420 g/mol. The second-order valence-corrected chi connectivity index (χ2v) is 9.19. The number of amides is 1. The van der Waals surface area contributed by atoms with Gasteiger partial charge in [-0.25, -0.2) is 13.2 Å². The molecule has 0 aliphatic carbocycles. The first-order chi connectivity index (χ1) is 13.6. The van der Waals surface area contributed by atoms with E-state index >= 15 is 0 Å². The summed E-state index contributed by atoms with van der Waals surface area (Å²) in [6.45, 7) is 4.11. The van der Waals surface area contributed by atoms with Gasteiger partial charge in [0.05, 0.1) is 7.11 Å². The van der Waals surface area contributed by atoms with Crippen molar-refractivity contribution in [3.05, 3.63) is 47.3 Å². The number of ether oxygens (including phenoxy) is 1. The monoisotopic (exact) mass is 419 g/mol. The van der Waals surface area contributed by atoms with Crippen molar-refractivity contribution in [3.8, 4) is 0 Å². The van der Waals surface area contributed by atoms with Crippen LogP contribution in [0.1, 0.15) is 34.5 Å². The third kappa shape index (κ3) is 4.20. The number of nitrogens with one attached hydrogen (secondary N) is 1. The molecule has 9 heteroatoms.